The predicted octanol–water partition coefficient (Wildman–Crippen LogP) is 2.10. The molecule has 0 aliphatic rings. The molecule has 0 heterocycles. The molecule has 0 aromatic heterocycles. The summed E-state index contributed by atoms with van der Waals surface area (Å²) in [6.45, 7) is 13.8. The standard InChI is InChI=1S/C6H8O3.C4H6O2.C2H4/c1-2-3-5(7)4-6(8)9;1-3-6-4(2)5;1-2/h2H,1,3-4H2,(H,8,9);3H,1H2,2H3;1-2H2. The molecule has 5 heteroatoms. The molecule has 0 aromatic rings. The Balaban J connectivity index is -0.000000213. The van der Waals surface area contributed by atoms with Crippen LogP contribution in [0.15, 0.2) is 38.7 Å². The fourth-order valence-corrected chi connectivity index (χ4v) is 0.519. The summed E-state index contributed by atoms with van der Waals surface area (Å²) < 4.78 is 4.17. The van der Waals surface area contributed by atoms with E-state index in [9.17, 15) is 14.4 Å². The van der Waals surface area contributed by atoms with Crippen LogP contribution in [0.25, 0.3) is 0 Å². The average molecular weight is 242 g/mol. The molecular formula is C12H18O5. The highest BCUT2D eigenvalue weighted by molar-refractivity contribution is 5.95. The minimum Gasteiger partial charge on any atom is -0.481 e. The quantitative estimate of drug-likeness (QED) is 0.345. The summed E-state index contributed by atoms with van der Waals surface area (Å²) in [4.78, 5) is 30.0. The molecule has 96 valence electrons. The minimum atomic E-state index is -1.08. The highest BCUT2D eigenvalue weighted by Gasteiger charge is 2.03. The van der Waals surface area contributed by atoms with Gasteiger partial charge in [-0.05, 0) is 0 Å². The number of hydrogen-bond acceptors (Lipinski definition) is 4. The number of hydrogen-bond donors (Lipinski definition) is 1. The third-order valence-electron chi connectivity index (χ3n) is 0.970. The first kappa shape index (κ1) is 20.3. The largest absolute Gasteiger partial charge is 0.481 e. The van der Waals surface area contributed by atoms with Gasteiger partial charge in [0.1, 0.15) is 12.2 Å². The Labute approximate surface area is 101 Å². The summed E-state index contributed by atoms with van der Waals surface area (Å²) in [6.07, 6.45) is 2.24. The number of ether oxygens (including phenoxy) is 1. The van der Waals surface area contributed by atoms with Crippen molar-refractivity contribution in [3.8, 4) is 0 Å². The van der Waals surface area contributed by atoms with E-state index in [0.29, 0.717) is 0 Å². The highest BCUT2D eigenvalue weighted by atomic mass is 16.5. The molecule has 17 heavy (non-hydrogen) atoms. The first-order chi connectivity index (χ1) is 7.93. The summed E-state index contributed by atoms with van der Waals surface area (Å²) in [5.41, 5.74) is 0. The first-order valence-corrected chi connectivity index (χ1v) is 4.56. The second kappa shape index (κ2) is 16.3. The number of Topliss-reactive ketones (excluding diaryl/α,β-unsaturated/α-hetero) is 1. The fraction of sp³-hybridized carbons (Fsp3) is 0.250. The van der Waals surface area contributed by atoms with Crippen LogP contribution in [0.3, 0.4) is 0 Å². The average Bonchev–Trinajstić information content (AvgIpc) is 2.20. The Morgan fingerprint density at radius 2 is 1.71 bits per heavy atom. The van der Waals surface area contributed by atoms with Crippen LogP contribution in [0.4, 0.5) is 0 Å². The Morgan fingerprint density at radius 3 is 1.88 bits per heavy atom. The maximum absolute atomic E-state index is 10.4. The predicted molar refractivity (Wildman–Crippen MR) is 65.3 cm³/mol. The second-order valence-electron chi connectivity index (χ2n) is 2.38. The first-order valence-electron chi connectivity index (χ1n) is 4.56. The van der Waals surface area contributed by atoms with Gasteiger partial charge in [-0.2, -0.15) is 0 Å². The van der Waals surface area contributed by atoms with E-state index in [1.807, 2.05) is 0 Å². The lowest BCUT2D eigenvalue weighted by molar-refractivity contribution is -0.140. The van der Waals surface area contributed by atoms with E-state index in [4.69, 9.17) is 5.11 Å². The van der Waals surface area contributed by atoms with E-state index >= 15 is 0 Å². The molecule has 0 atom stereocenters. The third kappa shape index (κ3) is 31.6. The molecular weight excluding hydrogens is 224 g/mol. The van der Waals surface area contributed by atoms with E-state index in [-0.39, 0.29) is 18.2 Å². The van der Waals surface area contributed by atoms with Crippen molar-refractivity contribution in [1.29, 1.82) is 0 Å². The van der Waals surface area contributed by atoms with Gasteiger partial charge >= 0.3 is 11.9 Å². The molecule has 0 aliphatic carbocycles. The SMILES string of the molecule is C=C.C=CCC(=O)CC(=O)O.C=COC(C)=O. The van der Waals surface area contributed by atoms with Crippen LogP contribution in [0, 0.1) is 0 Å². The minimum absolute atomic E-state index is 0.145. The van der Waals surface area contributed by atoms with E-state index < -0.39 is 12.4 Å². The molecule has 0 bridgehead atoms. The Kier molecular flexibility index (Phi) is 19.4. The van der Waals surface area contributed by atoms with Crippen molar-refractivity contribution >= 4 is 17.7 Å². The van der Waals surface area contributed by atoms with E-state index in [2.05, 4.69) is 31.1 Å². The zero-order chi connectivity index (χ0) is 14.3. The van der Waals surface area contributed by atoms with Gasteiger partial charge in [0.2, 0.25) is 0 Å². The van der Waals surface area contributed by atoms with Gasteiger partial charge in [0, 0.05) is 13.3 Å². The van der Waals surface area contributed by atoms with Gasteiger partial charge in [-0.3, -0.25) is 14.4 Å². The number of ketones is 1. The van der Waals surface area contributed by atoms with Gasteiger partial charge in [0.15, 0.2) is 0 Å². The number of rotatable bonds is 5. The molecule has 1 N–H and O–H groups in total. The van der Waals surface area contributed by atoms with Gasteiger partial charge < -0.3 is 9.84 Å². The van der Waals surface area contributed by atoms with Crippen LogP contribution in [0.2, 0.25) is 0 Å². The van der Waals surface area contributed by atoms with Gasteiger partial charge in [0.05, 0.1) is 6.26 Å². The van der Waals surface area contributed by atoms with Crippen molar-refractivity contribution in [1.82, 2.24) is 0 Å². The van der Waals surface area contributed by atoms with Crippen molar-refractivity contribution < 1.29 is 24.2 Å². The lowest BCUT2D eigenvalue weighted by Crippen LogP contribution is -2.04. The van der Waals surface area contributed by atoms with Crippen LogP contribution in [0.1, 0.15) is 19.8 Å². The Morgan fingerprint density at radius 1 is 1.24 bits per heavy atom. The van der Waals surface area contributed by atoms with Gasteiger partial charge in [-0.1, -0.05) is 12.7 Å². The van der Waals surface area contributed by atoms with Crippen molar-refractivity contribution in [3.63, 3.8) is 0 Å². The zero-order valence-electron chi connectivity index (χ0n) is 9.98. The van der Waals surface area contributed by atoms with Gasteiger partial charge in [0.25, 0.3) is 0 Å². The zero-order valence-corrected chi connectivity index (χ0v) is 9.98. The number of carbonyl (C=O) groups is 3. The monoisotopic (exact) mass is 242 g/mol. The number of carboxylic acid groups (broad SMARTS) is 1. The van der Waals surface area contributed by atoms with E-state index in [0.717, 1.165) is 6.26 Å². The lowest BCUT2D eigenvalue weighted by atomic mass is 10.2. The number of allylic oxidation sites excluding steroid dienone is 1. The van der Waals surface area contributed by atoms with Crippen LogP contribution >= 0.6 is 0 Å². The van der Waals surface area contributed by atoms with Crippen molar-refractivity contribution in [2.75, 3.05) is 0 Å². The summed E-state index contributed by atoms with van der Waals surface area (Å²) in [7, 11) is 0. The summed E-state index contributed by atoms with van der Waals surface area (Å²) >= 11 is 0. The van der Waals surface area contributed by atoms with Crippen LogP contribution in [-0.4, -0.2) is 22.8 Å². The summed E-state index contributed by atoms with van der Waals surface area (Å²) in [5.74, 6) is -1.72. The summed E-state index contributed by atoms with van der Waals surface area (Å²) in [5, 5.41) is 8.06. The molecule has 0 fully saturated rings. The van der Waals surface area contributed by atoms with Crippen molar-refractivity contribution in [3.05, 3.63) is 38.7 Å². The lowest BCUT2D eigenvalue weighted by Gasteiger charge is -1.87. The molecule has 5 nitrogen and oxygen atoms in total. The molecule has 0 saturated carbocycles. The molecule has 0 amide bonds. The third-order valence-corrected chi connectivity index (χ3v) is 0.970. The fourth-order valence-electron chi connectivity index (χ4n) is 0.519. The van der Waals surface area contributed by atoms with Crippen molar-refractivity contribution in [2.24, 2.45) is 0 Å². The number of carboxylic acids is 1. The van der Waals surface area contributed by atoms with Gasteiger partial charge in [-0.25, -0.2) is 0 Å². The Bertz CT molecular complexity index is 268. The number of aliphatic carboxylic acids is 1. The molecule has 0 spiro atoms. The maximum atomic E-state index is 10.4. The van der Waals surface area contributed by atoms with Crippen LogP contribution in [0.5, 0.6) is 0 Å². The molecule has 0 saturated heterocycles. The van der Waals surface area contributed by atoms with Crippen molar-refractivity contribution in [2.45, 2.75) is 19.8 Å². The Hall–Kier alpha value is -2.17. The van der Waals surface area contributed by atoms with Gasteiger partial charge in [-0.15, -0.1) is 19.7 Å². The molecule has 0 aliphatic heterocycles. The topological polar surface area (TPSA) is 80.7 Å². The van der Waals surface area contributed by atoms with Crippen LogP contribution < -0.4 is 0 Å². The van der Waals surface area contributed by atoms with Crippen LogP contribution in [-0.2, 0) is 19.1 Å². The van der Waals surface area contributed by atoms with E-state index in [1.165, 1.54) is 13.0 Å². The normalized spacial score (nSPS) is 7.12. The second-order valence-corrected chi connectivity index (χ2v) is 2.38. The highest BCUT2D eigenvalue weighted by Crippen LogP contribution is 1.89. The smallest absolute Gasteiger partial charge is 0.310 e. The molecule has 0 radical (unpaired) electrons. The maximum Gasteiger partial charge on any atom is 0.310 e. The number of carbonyl (C=O) groups excluding carboxylic acids is 2. The molecule has 0 aromatic carbocycles. The molecule has 0 unspecified atom stereocenters. The van der Waals surface area contributed by atoms with E-state index in [1.54, 1.807) is 0 Å². The number of esters is 1. The summed E-state index contributed by atoms with van der Waals surface area (Å²) in [6, 6.07) is 0. The molecule has 0 rings (SSSR count).